The summed E-state index contributed by atoms with van der Waals surface area (Å²) >= 11 is 0. The second kappa shape index (κ2) is 9.11. The third-order valence-corrected chi connectivity index (χ3v) is 5.47. The van der Waals surface area contributed by atoms with Crippen molar-refractivity contribution in [2.24, 2.45) is 5.92 Å². The summed E-state index contributed by atoms with van der Waals surface area (Å²) < 4.78 is 15.8. The number of methoxy groups -OCH3 is 1. The van der Waals surface area contributed by atoms with Gasteiger partial charge < -0.3 is 19.2 Å². The molecule has 1 unspecified atom stereocenters. The van der Waals surface area contributed by atoms with Gasteiger partial charge in [-0.1, -0.05) is 6.92 Å². The number of carbonyl (C=O) groups excluding carboxylic acids is 2. The number of benzene rings is 1. The number of fused-ring (bicyclic) bond motifs is 1. The van der Waals surface area contributed by atoms with E-state index in [0.717, 1.165) is 30.2 Å². The van der Waals surface area contributed by atoms with E-state index in [1.165, 1.54) is 13.2 Å². The Bertz CT molecular complexity index is 942. The first-order valence-corrected chi connectivity index (χ1v) is 10.0. The third-order valence-electron chi connectivity index (χ3n) is 5.47. The summed E-state index contributed by atoms with van der Waals surface area (Å²) in [7, 11) is 1.40. The third kappa shape index (κ3) is 4.96. The molecule has 1 saturated carbocycles. The number of nitrogens with one attached hydrogen (secondary N) is 1. The predicted octanol–water partition coefficient (Wildman–Crippen LogP) is 2.97. The molecular formula is C22H27NO6. The highest BCUT2D eigenvalue weighted by atomic mass is 16.5. The average Bonchev–Trinajstić information content (AvgIpc) is 2.72. The van der Waals surface area contributed by atoms with Crippen LogP contribution in [0.3, 0.4) is 0 Å². The molecule has 0 aliphatic heterocycles. The van der Waals surface area contributed by atoms with Gasteiger partial charge in [-0.25, -0.2) is 4.79 Å². The number of ether oxygens (including phenoxy) is 2. The highest BCUT2D eigenvalue weighted by Crippen LogP contribution is 2.26. The van der Waals surface area contributed by atoms with Gasteiger partial charge in [0.05, 0.1) is 13.0 Å². The minimum absolute atomic E-state index is 0.0243. The molecule has 7 nitrogen and oxygen atoms in total. The van der Waals surface area contributed by atoms with Crippen molar-refractivity contribution in [3.05, 3.63) is 40.2 Å². The van der Waals surface area contributed by atoms with E-state index < -0.39 is 11.7 Å². The standard InChI is InChI=1S/C22H27NO6/c1-4-14-11-20(24)29-19-12-17(9-10-18(14)19)28-13(2)21(25)23-16-7-5-15(6-8-16)22(26)27-3/h9-13,15-16H,4-8H2,1-3H3,(H,23,25). The summed E-state index contributed by atoms with van der Waals surface area (Å²) in [5, 5.41) is 3.85. The maximum Gasteiger partial charge on any atom is 0.336 e. The zero-order chi connectivity index (χ0) is 21.0. The van der Waals surface area contributed by atoms with E-state index in [1.54, 1.807) is 19.1 Å². The summed E-state index contributed by atoms with van der Waals surface area (Å²) in [6, 6.07) is 6.77. The van der Waals surface area contributed by atoms with Gasteiger partial charge in [-0.15, -0.1) is 0 Å². The topological polar surface area (TPSA) is 94.8 Å². The van der Waals surface area contributed by atoms with Crippen molar-refractivity contribution in [3.63, 3.8) is 0 Å². The van der Waals surface area contributed by atoms with Gasteiger partial charge in [0.15, 0.2) is 6.10 Å². The van der Waals surface area contributed by atoms with E-state index in [1.807, 2.05) is 13.0 Å². The van der Waals surface area contributed by atoms with Crippen LogP contribution in [-0.4, -0.2) is 31.1 Å². The van der Waals surface area contributed by atoms with Crippen LogP contribution in [-0.2, 0) is 20.7 Å². The van der Waals surface area contributed by atoms with Gasteiger partial charge in [0.25, 0.3) is 5.91 Å². The molecule has 3 rings (SSSR count). The van der Waals surface area contributed by atoms with E-state index >= 15 is 0 Å². The monoisotopic (exact) mass is 401 g/mol. The molecule has 1 aliphatic carbocycles. The lowest BCUT2D eigenvalue weighted by Crippen LogP contribution is -2.44. The molecule has 29 heavy (non-hydrogen) atoms. The van der Waals surface area contributed by atoms with Gasteiger partial charge in [-0.05, 0) is 56.7 Å². The van der Waals surface area contributed by atoms with E-state index in [4.69, 9.17) is 13.9 Å². The predicted molar refractivity (Wildman–Crippen MR) is 108 cm³/mol. The van der Waals surface area contributed by atoms with Crippen LogP contribution in [0.15, 0.2) is 33.5 Å². The molecule has 0 spiro atoms. The Labute approximate surface area is 169 Å². The number of rotatable bonds is 6. The van der Waals surface area contributed by atoms with Crippen LogP contribution in [0.1, 0.15) is 45.1 Å². The number of hydrogen-bond acceptors (Lipinski definition) is 6. The molecule has 1 aromatic carbocycles. The van der Waals surface area contributed by atoms with Crippen molar-refractivity contribution in [1.82, 2.24) is 5.32 Å². The number of esters is 1. The lowest BCUT2D eigenvalue weighted by molar-refractivity contribution is -0.146. The first-order chi connectivity index (χ1) is 13.9. The Morgan fingerprint density at radius 2 is 1.93 bits per heavy atom. The highest BCUT2D eigenvalue weighted by Gasteiger charge is 2.28. The Morgan fingerprint density at radius 3 is 2.59 bits per heavy atom. The van der Waals surface area contributed by atoms with Crippen molar-refractivity contribution < 1.29 is 23.5 Å². The van der Waals surface area contributed by atoms with Crippen molar-refractivity contribution in [1.29, 1.82) is 0 Å². The Balaban J connectivity index is 1.60. The van der Waals surface area contributed by atoms with E-state index in [-0.39, 0.29) is 23.8 Å². The van der Waals surface area contributed by atoms with Crippen LogP contribution >= 0.6 is 0 Å². The van der Waals surface area contributed by atoms with Gasteiger partial charge in [-0.2, -0.15) is 0 Å². The van der Waals surface area contributed by atoms with E-state index in [0.29, 0.717) is 24.2 Å². The normalized spacial score (nSPS) is 20.1. The SMILES string of the molecule is CCc1cc(=O)oc2cc(OC(C)C(=O)NC3CCC(C(=O)OC)CC3)ccc12. The van der Waals surface area contributed by atoms with Crippen LogP contribution in [0.5, 0.6) is 5.75 Å². The summed E-state index contributed by atoms with van der Waals surface area (Å²) in [6.45, 7) is 3.65. The maximum atomic E-state index is 12.5. The summed E-state index contributed by atoms with van der Waals surface area (Å²) in [5.74, 6) is -0.0101. The Kier molecular flexibility index (Phi) is 6.56. The van der Waals surface area contributed by atoms with Crippen LogP contribution in [0.2, 0.25) is 0 Å². The van der Waals surface area contributed by atoms with Crippen molar-refractivity contribution in [3.8, 4) is 5.75 Å². The van der Waals surface area contributed by atoms with E-state index in [2.05, 4.69) is 5.32 Å². The molecule has 1 N–H and O–H groups in total. The second-order valence-corrected chi connectivity index (χ2v) is 7.44. The molecule has 0 bridgehead atoms. The molecule has 1 amide bonds. The first-order valence-electron chi connectivity index (χ1n) is 10.0. The average molecular weight is 401 g/mol. The molecule has 0 saturated heterocycles. The molecule has 1 aliphatic rings. The zero-order valence-corrected chi connectivity index (χ0v) is 17.0. The van der Waals surface area contributed by atoms with Crippen LogP contribution in [0.4, 0.5) is 0 Å². The van der Waals surface area contributed by atoms with Gasteiger partial charge in [0.1, 0.15) is 11.3 Å². The van der Waals surface area contributed by atoms with Gasteiger partial charge in [0.2, 0.25) is 0 Å². The molecule has 2 aromatic rings. The number of aryl methyl sites for hydroxylation is 1. The minimum atomic E-state index is -0.702. The fourth-order valence-corrected chi connectivity index (χ4v) is 3.79. The summed E-state index contributed by atoms with van der Waals surface area (Å²) in [6.07, 6.45) is 2.90. The van der Waals surface area contributed by atoms with Crippen molar-refractivity contribution in [2.45, 2.75) is 58.1 Å². The van der Waals surface area contributed by atoms with Gasteiger partial charge >= 0.3 is 11.6 Å². The van der Waals surface area contributed by atoms with Gasteiger partial charge in [-0.3, -0.25) is 9.59 Å². The molecule has 1 aromatic heterocycles. The number of carbonyl (C=O) groups is 2. The van der Waals surface area contributed by atoms with Gasteiger partial charge in [0, 0.05) is 23.6 Å². The second-order valence-electron chi connectivity index (χ2n) is 7.44. The molecular weight excluding hydrogens is 374 g/mol. The first kappa shape index (κ1) is 20.9. The van der Waals surface area contributed by atoms with Crippen molar-refractivity contribution >= 4 is 22.8 Å². The number of hydrogen-bond donors (Lipinski definition) is 1. The summed E-state index contributed by atoms with van der Waals surface area (Å²) in [5.41, 5.74) is 0.955. The smallest absolute Gasteiger partial charge is 0.336 e. The maximum absolute atomic E-state index is 12.5. The molecule has 156 valence electrons. The largest absolute Gasteiger partial charge is 0.481 e. The molecule has 1 heterocycles. The lowest BCUT2D eigenvalue weighted by Gasteiger charge is -2.28. The quantitative estimate of drug-likeness (QED) is 0.591. The Hall–Kier alpha value is -2.83. The molecule has 1 fully saturated rings. The summed E-state index contributed by atoms with van der Waals surface area (Å²) in [4.78, 5) is 35.8. The molecule has 7 heteroatoms. The Morgan fingerprint density at radius 1 is 1.21 bits per heavy atom. The van der Waals surface area contributed by atoms with Crippen molar-refractivity contribution in [2.75, 3.05) is 7.11 Å². The van der Waals surface area contributed by atoms with Crippen LogP contribution < -0.4 is 15.7 Å². The van der Waals surface area contributed by atoms with Crippen LogP contribution in [0, 0.1) is 5.92 Å². The fraction of sp³-hybridized carbons (Fsp3) is 0.500. The van der Waals surface area contributed by atoms with Crippen LogP contribution in [0.25, 0.3) is 11.0 Å². The zero-order valence-electron chi connectivity index (χ0n) is 17.0. The van der Waals surface area contributed by atoms with E-state index in [9.17, 15) is 14.4 Å². The fourth-order valence-electron chi connectivity index (χ4n) is 3.79. The molecule has 1 atom stereocenters. The lowest BCUT2D eigenvalue weighted by atomic mass is 9.86. The highest BCUT2D eigenvalue weighted by molar-refractivity contribution is 5.83. The minimum Gasteiger partial charge on any atom is -0.481 e. The number of amides is 1. The molecule has 0 radical (unpaired) electrons.